The van der Waals surface area contributed by atoms with Crippen LogP contribution in [-0.2, 0) is 29.0 Å². The maximum atomic E-state index is 13.4. The summed E-state index contributed by atoms with van der Waals surface area (Å²) in [5.74, 6) is -0.220. The minimum Gasteiger partial charge on any atom is -0.357 e. The van der Waals surface area contributed by atoms with Crippen LogP contribution in [0.1, 0.15) is 22.3 Å². The van der Waals surface area contributed by atoms with E-state index in [4.69, 9.17) is 0 Å². The van der Waals surface area contributed by atoms with Crippen LogP contribution in [0.25, 0.3) is 0 Å². The molecule has 1 N–H and O–H groups in total. The second-order valence-electron chi connectivity index (χ2n) is 7.43. The largest absolute Gasteiger partial charge is 0.357 e. The molecule has 0 aliphatic rings. The zero-order chi connectivity index (χ0) is 21.3. The van der Waals surface area contributed by atoms with Gasteiger partial charge in [-0.3, -0.25) is 9.59 Å². The summed E-state index contributed by atoms with van der Waals surface area (Å²) >= 11 is 0. The van der Waals surface area contributed by atoms with Crippen molar-refractivity contribution in [2.24, 2.45) is 0 Å². The van der Waals surface area contributed by atoms with Gasteiger partial charge in [-0.2, -0.15) is 0 Å². The lowest BCUT2D eigenvalue weighted by Gasteiger charge is -2.31. The Morgan fingerprint density at radius 2 is 1.40 bits per heavy atom. The maximum Gasteiger partial charge on any atom is 0.242 e. The molecule has 0 fully saturated rings. The summed E-state index contributed by atoms with van der Waals surface area (Å²) in [6.07, 6.45) is 0.724. The molecule has 0 aromatic heterocycles. The Labute approximate surface area is 178 Å². The van der Waals surface area contributed by atoms with E-state index >= 15 is 0 Å². The molecule has 0 aliphatic heterocycles. The summed E-state index contributed by atoms with van der Waals surface area (Å²) in [7, 11) is 1.62. The second kappa shape index (κ2) is 10.4. The average molecular weight is 401 g/mol. The third-order valence-corrected chi connectivity index (χ3v) is 5.32. The Kier molecular flexibility index (Phi) is 7.39. The summed E-state index contributed by atoms with van der Waals surface area (Å²) in [6, 6.07) is 26.9. The molecule has 3 rings (SSSR count). The van der Waals surface area contributed by atoms with Crippen LogP contribution < -0.4 is 5.32 Å². The highest BCUT2D eigenvalue weighted by molar-refractivity contribution is 5.88. The lowest BCUT2D eigenvalue weighted by molar-refractivity contribution is -0.140. The Morgan fingerprint density at radius 3 is 2.00 bits per heavy atom. The first-order valence-corrected chi connectivity index (χ1v) is 10.2. The van der Waals surface area contributed by atoms with Crippen LogP contribution in [0.15, 0.2) is 84.9 Å². The van der Waals surface area contributed by atoms with Crippen LogP contribution in [0.4, 0.5) is 0 Å². The van der Waals surface area contributed by atoms with Gasteiger partial charge in [0.05, 0.1) is 6.42 Å². The van der Waals surface area contributed by atoms with Gasteiger partial charge in [0, 0.05) is 20.0 Å². The average Bonchev–Trinajstić information content (AvgIpc) is 2.78. The van der Waals surface area contributed by atoms with Crippen molar-refractivity contribution in [1.29, 1.82) is 0 Å². The Hall–Kier alpha value is -3.40. The number of nitrogens with one attached hydrogen (secondary N) is 1. The molecule has 30 heavy (non-hydrogen) atoms. The van der Waals surface area contributed by atoms with E-state index in [1.165, 1.54) is 0 Å². The molecule has 0 aliphatic carbocycles. The molecule has 3 aromatic carbocycles. The quantitative estimate of drug-likeness (QED) is 0.623. The Bertz CT molecular complexity index is 971. The number of rotatable bonds is 8. The van der Waals surface area contributed by atoms with Crippen LogP contribution in [0, 0.1) is 6.92 Å². The zero-order valence-electron chi connectivity index (χ0n) is 17.5. The van der Waals surface area contributed by atoms with Gasteiger partial charge in [0.15, 0.2) is 0 Å². The van der Waals surface area contributed by atoms with Crippen LogP contribution in [-0.4, -0.2) is 29.8 Å². The molecule has 0 unspecified atom stereocenters. The van der Waals surface area contributed by atoms with Gasteiger partial charge < -0.3 is 10.2 Å². The first kappa shape index (κ1) is 21.3. The highest BCUT2D eigenvalue weighted by Crippen LogP contribution is 2.18. The highest BCUT2D eigenvalue weighted by Gasteiger charge is 2.30. The lowest BCUT2D eigenvalue weighted by Crippen LogP contribution is -2.50. The number of nitrogens with zero attached hydrogens (tertiary/aromatic N) is 1. The van der Waals surface area contributed by atoms with E-state index in [9.17, 15) is 9.59 Å². The highest BCUT2D eigenvalue weighted by atomic mass is 16.2. The Balaban J connectivity index is 1.94. The number of benzene rings is 3. The second-order valence-corrected chi connectivity index (χ2v) is 7.43. The molecule has 1 atom stereocenters. The van der Waals surface area contributed by atoms with Crippen molar-refractivity contribution in [3.63, 3.8) is 0 Å². The van der Waals surface area contributed by atoms with Crippen molar-refractivity contribution >= 4 is 11.8 Å². The number of carbonyl (C=O) groups excluding carboxylic acids is 2. The number of hydrogen-bond acceptors (Lipinski definition) is 2. The predicted molar refractivity (Wildman–Crippen MR) is 120 cm³/mol. The topological polar surface area (TPSA) is 49.4 Å². The monoisotopic (exact) mass is 400 g/mol. The molecule has 154 valence electrons. The molecule has 0 saturated heterocycles. The van der Waals surface area contributed by atoms with Gasteiger partial charge in [-0.1, -0.05) is 84.9 Å². The summed E-state index contributed by atoms with van der Waals surface area (Å²) < 4.78 is 0. The van der Waals surface area contributed by atoms with Crippen molar-refractivity contribution < 1.29 is 9.59 Å². The molecule has 2 amide bonds. The number of hydrogen-bond donors (Lipinski definition) is 1. The summed E-state index contributed by atoms with van der Waals surface area (Å²) in [4.78, 5) is 28.0. The van der Waals surface area contributed by atoms with E-state index in [2.05, 4.69) is 5.32 Å². The predicted octanol–water partition coefficient (Wildman–Crippen LogP) is 3.92. The summed E-state index contributed by atoms with van der Waals surface area (Å²) in [6.45, 7) is 2.42. The molecule has 0 heterocycles. The van der Waals surface area contributed by atoms with Crippen molar-refractivity contribution in [2.45, 2.75) is 32.4 Å². The van der Waals surface area contributed by atoms with Crippen molar-refractivity contribution in [2.75, 3.05) is 7.05 Å². The van der Waals surface area contributed by atoms with Gasteiger partial charge in [0.2, 0.25) is 11.8 Å². The fourth-order valence-corrected chi connectivity index (χ4v) is 3.56. The standard InChI is InChI=1S/C26H28N2O2/c1-20-11-9-10-16-23(20)19-28(25(29)18-22-14-7-4-8-15-22)24(26(30)27-2)17-21-12-5-3-6-13-21/h3-16,24H,17-19H2,1-2H3,(H,27,30)/t24-/m1/s1. The molecule has 4 nitrogen and oxygen atoms in total. The summed E-state index contributed by atoms with van der Waals surface area (Å²) in [5.41, 5.74) is 4.10. The normalized spacial score (nSPS) is 11.5. The lowest BCUT2D eigenvalue weighted by atomic mass is 10.0. The molecule has 3 aromatic rings. The van der Waals surface area contributed by atoms with Crippen LogP contribution in [0.5, 0.6) is 0 Å². The van der Waals surface area contributed by atoms with Crippen molar-refractivity contribution in [3.05, 3.63) is 107 Å². The van der Waals surface area contributed by atoms with Gasteiger partial charge in [-0.25, -0.2) is 0 Å². The first-order valence-electron chi connectivity index (χ1n) is 10.2. The number of amides is 2. The van der Waals surface area contributed by atoms with Crippen molar-refractivity contribution in [3.8, 4) is 0 Å². The third kappa shape index (κ3) is 5.57. The first-order chi connectivity index (χ1) is 14.6. The van der Waals surface area contributed by atoms with Crippen molar-refractivity contribution in [1.82, 2.24) is 10.2 Å². The van der Waals surface area contributed by atoms with Gasteiger partial charge in [-0.05, 0) is 29.2 Å². The van der Waals surface area contributed by atoms with Gasteiger partial charge >= 0.3 is 0 Å². The fraction of sp³-hybridized carbons (Fsp3) is 0.231. The number of aryl methyl sites for hydroxylation is 1. The van der Waals surface area contributed by atoms with E-state index in [0.29, 0.717) is 13.0 Å². The molecular weight excluding hydrogens is 372 g/mol. The minimum atomic E-state index is -0.590. The zero-order valence-corrected chi connectivity index (χ0v) is 17.5. The van der Waals surface area contributed by atoms with E-state index < -0.39 is 6.04 Å². The fourth-order valence-electron chi connectivity index (χ4n) is 3.56. The number of likely N-dealkylation sites (N-methyl/N-ethyl adjacent to an activating group) is 1. The third-order valence-electron chi connectivity index (χ3n) is 5.32. The van der Waals surface area contributed by atoms with E-state index in [1.807, 2.05) is 91.9 Å². The van der Waals surface area contributed by atoms with E-state index in [1.54, 1.807) is 11.9 Å². The number of carbonyl (C=O) groups is 2. The molecule has 0 saturated carbocycles. The van der Waals surface area contributed by atoms with Gasteiger partial charge in [-0.15, -0.1) is 0 Å². The Morgan fingerprint density at radius 1 is 0.833 bits per heavy atom. The van der Waals surface area contributed by atoms with E-state index in [0.717, 1.165) is 22.3 Å². The summed E-state index contributed by atoms with van der Waals surface area (Å²) in [5, 5.41) is 2.75. The minimum absolute atomic E-state index is 0.0611. The SMILES string of the molecule is CNC(=O)[C@@H](Cc1ccccc1)N(Cc1ccccc1C)C(=O)Cc1ccccc1. The molecule has 4 heteroatoms. The van der Waals surface area contributed by atoms with Gasteiger partial charge in [0.1, 0.15) is 6.04 Å². The molecule has 0 bridgehead atoms. The van der Waals surface area contributed by atoms with Crippen LogP contribution in [0.3, 0.4) is 0 Å². The van der Waals surface area contributed by atoms with Gasteiger partial charge in [0.25, 0.3) is 0 Å². The smallest absolute Gasteiger partial charge is 0.242 e. The molecule has 0 spiro atoms. The molecular formula is C26H28N2O2. The van der Waals surface area contributed by atoms with Crippen LogP contribution in [0.2, 0.25) is 0 Å². The van der Waals surface area contributed by atoms with Crippen LogP contribution >= 0.6 is 0 Å². The molecule has 0 radical (unpaired) electrons. The maximum absolute atomic E-state index is 13.4. The van der Waals surface area contributed by atoms with E-state index in [-0.39, 0.29) is 18.2 Å².